The van der Waals surface area contributed by atoms with Crippen LogP contribution in [0.2, 0.25) is 0 Å². The molecule has 0 saturated heterocycles. The number of carbonyl (C=O) groups is 2. The van der Waals surface area contributed by atoms with Crippen LogP contribution in [0.15, 0.2) is 47.4 Å². The van der Waals surface area contributed by atoms with E-state index in [2.05, 4.69) is 5.32 Å². The Bertz CT molecular complexity index is 828. The monoisotopic (exact) mass is 354 g/mol. The first kappa shape index (κ1) is 18.6. The quantitative estimate of drug-likeness (QED) is 0.632. The largest absolute Gasteiger partial charge is 0.452 e. The summed E-state index contributed by atoms with van der Waals surface area (Å²) in [6, 6.07) is 14.6. The van der Waals surface area contributed by atoms with E-state index in [0.29, 0.717) is 11.3 Å². The van der Waals surface area contributed by atoms with Gasteiger partial charge in [0.05, 0.1) is 23.1 Å². The summed E-state index contributed by atoms with van der Waals surface area (Å²) < 4.78 is 5.11. The number of para-hydroxylation sites is 1. The van der Waals surface area contributed by atoms with Gasteiger partial charge in [0.1, 0.15) is 0 Å². The standard InChI is InChI=1S/C19H18N2O3S/c1-13-6-5-7-15(14(13)2)19(23)24-12-18(22)21-16-8-3-4-9-17(16)25-11-10-20/h3-9H,11-12H2,1-2H3,(H,21,22). The molecule has 0 fully saturated rings. The van der Waals surface area contributed by atoms with Crippen LogP contribution in [0.5, 0.6) is 0 Å². The molecule has 0 spiro atoms. The average Bonchev–Trinajstić information content (AvgIpc) is 2.61. The van der Waals surface area contributed by atoms with Crippen molar-refractivity contribution in [2.45, 2.75) is 18.7 Å². The summed E-state index contributed by atoms with van der Waals surface area (Å²) in [5, 5.41) is 11.4. The van der Waals surface area contributed by atoms with Crippen LogP contribution in [0.25, 0.3) is 0 Å². The zero-order valence-electron chi connectivity index (χ0n) is 14.0. The van der Waals surface area contributed by atoms with Gasteiger partial charge < -0.3 is 10.1 Å². The number of nitrogens with zero attached hydrogens (tertiary/aromatic N) is 1. The van der Waals surface area contributed by atoms with E-state index in [0.717, 1.165) is 16.0 Å². The number of esters is 1. The molecular formula is C19H18N2O3S. The Labute approximate surface area is 151 Å². The van der Waals surface area contributed by atoms with E-state index in [1.165, 1.54) is 11.8 Å². The lowest BCUT2D eigenvalue weighted by molar-refractivity contribution is -0.119. The number of anilines is 1. The van der Waals surface area contributed by atoms with E-state index in [-0.39, 0.29) is 12.4 Å². The maximum atomic E-state index is 12.1. The Morgan fingerprint density at radius 3 is 2.68 bits per heavy atom. The fourth-order valence-electron chi connectivity index (χ4n) is 2.17. The van der Waals surface area contributed by atoms with Gasteiger partial charge in [-0.15, -0.1) is 11.8 Å². The minimum absolute atomic E-state index is 0.286. The third-order valence-corrected chi connectivity index (χ3v) is 4.55. The van der Waals surface area contributed by atoms with E-state index >= 15 is 0 Å². The molecule has 0 radical (unpaired) electrons. The second-order valence-corrected chi connectivity index (χ2v) is 6.33. The van der Waals surface area contributed by atoms with Gasteiger partial charge in [-0.25, -0.2) is 4.79 Å². The molecule has 0 aliphatic carbocycles. The molecule has 2 aromatic rings. The van der Waals surface area contributed by atoms with Crippen LogP contribution in [0.4, 0.5) is 5.69 Å². The third kappa shape index (κ3) is 5.10. The van der Waals surface area contributed by atoms with Crippen molar-refractivity contribution in [1.82, 2.24) is 0 Å². The highest BCUT2D eigenvalue weighted by Gasteiger charge is 2.14. The number of rotatable bonds is 6. The van der Waals surface area contributed by atoms with Gasteiger partial charge in [-0.3, -0.25) is 4.79 Å². The number of ether oxygens (including phenoxy) is 1. The van der Waals surface area contributed by atoms with Gasteiger partial charge in [-0.2, -0.15) is 5.26 Å². The number of nitrogens with one attached hydrogen (secondary N) is 1. The molecule has 0 aromatic heterocycles. The lowest BCUT2D eigenvalue weighted by atomic mass is 10.0. The Hall–Kier alpha value is -2.78. The summed E-state index contributed by atoms with van der Waals surface area (Å²) in [6.45, 7) is 3.38. The van der Waals surface area contributed by atoms with Crippen molar-refractivity contribution in [2.24, 2.45) is 0 Å². The van der Waals surface area contributed by atoms with Crippen molar-refractivity contribution in [2.75, 3.05) is 17.7 Å². The van der Waals surface area contributed by atoms with E-state index in [4.69, 9.17) is 10.00 Å². The highest BCUT2D eigenvalue weighted by molar-refractivity contribution is 7.99. The van der Waals surface area contributed by atoms with Gasteiger partial charge >= 0.3 is 5.97 Å². The lowest BCUT2D eigenvalue weighted by Gasteiger charge is -2.11. The predicted molar refractivity (Wildman–Crippen MR) is 97.6 cm³/mol. The molecule has 0 atom stereocenters. The van der Waals surface area contributed by atoms with E-state index in [1.807, 2.05) is 38.1 Å². The molecule has 0 heterocycles. The zero-order chi connectivity index (χ0) is 18.2. The summed E-state index contributed by atoms with van der Waals surface area (Å²) in [5.41, 5.74) is 2.88. The van der Waals surface area contributed by atoms with Crippen LogP contribution in [-0.4, -0.2) is 24.2 Å². The number of thioether (sulfide) groups is 1. The third-order valence-electron chi connectivity index (χ3n) is 3.61. The predicted octanol–water partition coefficient (Wildman–Crippen LogP) is 3.71. The molecule has 1 N–H and O–H groups in total. The van der Waals surface area contributed by atoms with Crippen molar-refractivity contribution in [3.8, 4) is 6.07 Å². The van der Waals surface area contributed by atoms with Gasteiger partial charge in [0.25, 0.3) is 5.91 Å². The first-order chi connectivity index (χ1) is 12.0. The molecule has 25 heavy (non-hydrogen) atoms. The number of aryl methyl sites for hydroxylation is 1. The number of benzene rings is 2. The molecule has 0 unspecified atom stereocenters. The number of nitriles is 1. The molecule has 1 amide bonds. The molecule has 128 valence electrons. The molecule has 0 aliphatic rings. The fraction of sp³-hybridized carbons (Fsp3) is 0.211. The van der Waals surface area contributed by atoms with Crippen molar-refractivity contribution < 1.29 is 14.3 Å². The van der Waals surface area contributed by atoms with Crippen LogP contribution >= 0.6 is 11.8 Å². The van der Waals surface area contributed by atoms with E-state index in [1.54, 1.807) is 24.3 Å². The van der Waals surface area contributed by atoms with Crippen molar-refractivity contribution >= 4 is 29.3 Å². The van der Waals surface area contributed by atoms with Crippen LogP contribution < -0.4 is 5.32 Å². The Balaban J connectivity index is 1.96. The summed E-state index contributed by atoms with van der Waals surface area (Å²) in [5.74, 6) is -0.665. The van der Waals surface area contributed by atoms with Crippen LogP contribution in [0.3, 0.4) is 0 Å². The van der Waals surface area contributed by atoms with Gasteiger partial charge in [0.15, 0.2) is 6.61 Å². The molecule has 2 aromatic carbocycles. The molecule has 0 aliphatic heterocycles. The van der Waals surface area contributed by atoms with Crippen LogP contribution in [-0.2, 0) is 9.53 Å². The summed E-state index contributed by atoms with van der Waals surface area (Å²) in [7, 11) is 0. The molecule has 6 heteroatoms. The Kier molecular flexibility index (Phi) is 6.61. The highest BCUT2D eigenvalue weighted by atomic mass is 32.2. The SMILES string of the molecule is Cc1cccc(C(=O)OCC(=O)Nc2ccccc2SCC#N)c1C. The minimum Gasteiger partial charge on any atom is -0.452 e. The van der Waals surface area contributed by atoms with E-state index in [9.17, 15) is 9.59 Å². The maximum Gasteiger partial charge on any atom is 0.338 e. The first-order valence-electron chi connectivity index (χ1n) is 7.65. The van der Waals surface area contributed by atoms with E-state index < -0.39 is 11.9 Å². The molecule has 5 nitrogen and oxygen atoms in total. The minimum atomic E-state index is -0.525. The number of amides is 1. The number of hydrogen-bond donors (Lipinski definition) is 1. The Morgan fingerprint density at radius 2 is 1.92 bits per heavy atom. The highest BCUT2D eigenvalue weighted by Crippen LogP contribution is 2.26. The second-order valence-electron chi connectivity index (χ2n) is 5.31. The van der Waals surface area contributed by atoms with Crippen LogP contribution in [0, 0.1) is 25.2 Å². The summed E-state index contributed by atoms with van der Waals surface area (Å²) in [4.78, 5) is 25.0. The zero-order valence-corrected chi connectivity index (χ0v) is 14.9. The molecular weight excluding hydrogens is 336 g/mol. The Morgan fingerprint density at radius 1 is 1.16 bits per heavy atom. The fourth-order valence-corrected chi connectivity index (χ4v) is 2.84. The first-order valence-corrected chi connectivity index (χ1v) is 8.63. The normalized spacial score (nSPS) is 9.96. The molecule has 0 saturated carbocycles. The molecule has 2 rings (SSSR count). The maximum absolute atomic E-state index is 12.1. The summed E-state index contributed by atoms with van der Waals surface area (Å²) in [6.07, 6.45) is 0. The van der Waals surface area contributed by atoms with Crippen molar-refractivity contribution in [1.29, 1.82) is 5.26 Å². The lowest BCUT2D eigenvalue weighted by Crippen LogP contribution is -2.21. The topological polar surface area (TPSA) is 79.2 Å². The number of carbonyl (C=O) groups excluding carboxylic acids is 2. The van der Waals surface area contributed by atoms with Gasteiger partial charge in [-0.1, -0.05) is 24.3 Å². The van der Waals surface area contributed by atoms with Crippen molar-refractivity contribution in [3.05, 3.63) is 59.2 Å². The van der Waals surface area contributed by atoms with Gasteiger partial charge in [0.2, 0.25) is 0 Å². The average molecular weight is 354 g/mol. The smallest absolute Gasteiger partial charge is 0.338 e. The number of hydrogen-bond acceptors (Lipinski definition) is 5. The second kappa shape index (κ2) is 8.90. The van der Waals surface area contributed by atoms with Crippen molar-refractivity contribution in [3.63, 3.8) is 0 Å². The van der Waals surface area contributed by atoms with Crippen LogP contribution in [0.1, 0.15) is 21.5 Å². The summed E-state index contributed by atoms with van der Waals surface area (Å²) >= 11 is 1.33. The van der Waals surface area contributed by atoms with Gasteiger partial charge in [-0.05, 0) is 43.2 Å². The molecule has 0 bridgehead atoms. The van der Waals surface area contributed by atoms with Gasteiger partial charge in [0, 0.05) is 4.90 Å².